The van der Waals surface area contributed by atoms with Crippen molar-refractivity contribution in [2.45, 2.75) is 6.42 Å². The Morgan fingerprint density at radius 3 is 2.38 bits per heavy atom. The van der Waals surface area contributed by atoms with Crippen molar-refractivity contribution in [2.75, 3.05) is 0 Å². The van der Waals surface area contributed by atoms with Gasteiger partial charge in [0.2, 0.25) is 5.91 Å². The molecule has 0 spiro atoms. The number of hydrogen-bond acceptors (Lipinski definition) is 3. The molecule has 0 aliphatic carbocycles. The summed E-state index contributed by atoms with van der Waals surface area (Å²) in [7, 11) is 0. The molecule has 6 heteroatoms. The van der Waals surface area contributed by atoms with Crippen molar-refractivity contribution in [1.29, 1.82) is 0 Å². The second-order valence-corrected chi connectivity index (χ2v) is 2.10. The SMILES string of the molecule is Cl.Cl.NNC(=O)Cc1ccncc1. The maximum Gasteiger partial charge on any atom is 0.238 e. The summed E-state index contributed by atoms with van der Waals surface area (Å²) >= 11 is 0. The molecule has 13 heavy (non-hydrogen) atoms. The third kappa shape index (κ3) is 5.41. The number of pyridine rings is 1. The molecule has 74 valence electrons. The maximum atomic E-state index is 10.7. The first-order chi connectivity index (χ1) is 5.33. The van der Waals surface area contributed by atoms with E-state index in [2.05, 4.69) is 10.4 Å². The molecule has 0 saturated carbocycles. The Hall–Kier alpha value is -0.840. The number of carbonyl (C=O) groups excluding carboxylic acids is 1. The summed E-state index contributed by atoms with van der Waals surface area (Å²) in [6.07, 6.45) is 3.58. The molecule has 1 heterocycles. The molecule has 4 nitrogen and oxygen atoms in total. The fourth-order valence-electron chi connectivity index (χ4n) is 0.737. The van der Waals surface area contributed by atoms with Gasteiger partial charge in [-0.3, -0.25) is 15.2 Å². The van der Waals surface area contributed by atoms with Crippen LogP contribution in [0.5, 0.6) is 0 Å². The lowest BCUT2D eigenvalue weighted by molar-refractivity contribution is -0.120. The van der Waals surface area contributed by atoms with Crippen molar-refractivity contribution < 1.29 is 4.79 Å². The number of nitrogens with one attached hydrogen (secondary N) is 1. The van der Waals surface area contributed by atoms with Crippen molar-refractivity contribution in [3.8, 4) is 0 Å². The fourth-order valence-corrected chi connectivity index (χ4v) is 0.737. The first-order valence-electron chi connectivity index (χ1n) is 3.21. The summed E-state index contributed by atoms with van der Waals surface area (Å²) in [4.78, 5) is 14.5. The Bertz CT molecular complexity index is 243. The zero-order chi connectivity index (χ0) is 8.10. The van der Waals surface area contributed by atoms with Gasteiger partial charge >= 0.3 is 0 Å². The number of hydrazine groups is 1. The summed E-state index contributed by atoms with van der Waals surface area (Å²) in [5, 5.41) is 0. The molecule has 1 rings (SSSR count). The average molecular weight is 224 g/mol. The molecule has 0 bridgehead atoms. The van der Waals surface area contributed by atoms with E-state index in [9.17, 15) is 4.79 Å². The van der Waals surface area contributed by atoms with Crippen LogP contribution in [0.25, 0.3) is 0 Å². The summed E-state index contributed by atoms with van der Waals surface area (Å²) in [6.45, 7) is 0. The van der Waals surface area contributed by atoms with E-state index in [0.717, 1.165) is 5.56 Å². The third-order valence-electron chi connectivity index (χ3n) is 1.28. The Balaban J connectivity index is 0. The zero-order valence-electron chi connectivity index (χ0n) is 6.77. The zero-order valence-corrected chi connectivity index (χ0v) is 8.40. The Morgan fingerprint density at radius 1 is 1.38 bits per heavy atom. The highest BCUT2D eigenvalue weighted by molar-refractivity contribution is 5.85. The van der Waals surface area contributed by atoms with Crippen LogP contribution in [0, 0.1) is 0 Å². The minimum absolute atomic E-state index is 0. The number of nitrogens with zero attached hydrogens (tertiary/aromatic N) is 1. The maximum absolute atomic E-state index is 10.7. The van der Waals surface area contributed by atoms with Crippen molar-refractivity contribution in [1.82, 2.24) is 10.4 Å². The average Bonchev–Trinajstić information content (AvgIpc) is 2.06. The standard InChI is InChI=1S/C7H9N3O.2ClH/c8-10-7(11)5-6-1-3-9-4-2-6;;/h1-4H,5,8H2,(H,10,11);2*1H. The van der Waals surface area contributed by atoms with Crippen molar-refractivity contribution in [2.24, 2.45) is 5.84 Å². The van der Waals surface area contributed by atoms with E-state index >= 15 is 0 Å². The summed E-state index contributed by atoms with van der Waals surface area (Å²) < 4.78 is 0. The van der Waals surface area contributed by atoms with Crippen LogP contribution >= 0.6 is 24.8 Å². The molecule has 1 aromatic rings. The fraction of sp³-hybridized carbons (Fsp3) is 0.143. The molecule has 0 unspecified atom stereocenters. The lowest BCUT2D eigenvalue weighted by atomic mass is 10.2. The highest BCUT2D eigenvalue weighted by Gasteiger charge is 1.98. The molecule has 0 aromatic carbocycles. The molecule has 1 amide bonds. The molecular weight excluding hydrogens is 213 g/mol. The topological polar surface area (TPSA) is 68.0 Å². The van der Waals surface area contributed by atoms with Gasteiger partial charge in [0, 0.05) is 12.4 Å². The molecule has 1 aromatic heterocycles. The minimum atomic E-state index is -0.198. The van der Waals surface area contributed by atoms with Crippen LogP contribution in [-0.2, 0) is 11.2 Å². The van der Waals surface area contributed by atoms with Crippen molar-refractivity contribution >= 4 is 30.7 Å². The van der Waals surface area contributed by atoms with Gasteiger partial charge in [-0.05, 0) is 17.7 Å². The van der Waals surface area contributed by atoms with Gasteiger partial charge in [-0.15, -0.1) is 24.8 Å². The van der Waals surface area contributed by atoms with Crippen LogP contribution in [0.1, 0.15) is 5.56 Å². The molecular formula is C7H11Cl2N3O. The second kappa shape index (κ2) is 7.79. The van der Waals surface area contributed by atoms with E-state index in [1.165, 1.54) is 0 Å². The molecule has 3 N–H and O–H groups in total. The first-order valence-corrected chi connectivity index (χ1v) is 3.21. The van der Waals surface area contributed by atoms with E-state index < -0.39 is 0 Å². The predicted molar refractivity (Wildman–Crippen MR) is 54.8 cm³/mol. The van der Waals surface area contributed by atoms with Crippen molar-refractivity contribution in [3.05, 3.63) is 30.1 Å². The number of carbonyl (C=O) groups is 1. The van der Waals surface area contributed by atoms with Crippen LogP contribution in [0.3, 0.4) is 0 Å². The quantitative estimate of drug-likeness (QED) is 0.435. The van der Waals surface area contributed by atoms with Crippen LogP contribution in [0.15, 0.2) is 24.5 Å². The second-order valence-electron chi connectivity index (χ2n) is 2.10. The van der Waals surface area contributed by atoms with E-state index in [1.54, 1.807) is 24.5 Å². The summed E-state index contributed by atoms with van der Waals surface area (Å²) in [5.41, 5.74) is 2.96. The van der Waals surface area contributed by atoms with Crippen LogP contribution in [0.4, 0.5) is 0 Å². The van der Waals surface area contributed by atoms with Gasteiger partial charge in [-0.25, -0.2) is 5.84 Å². The third-order valence-corrected chi connectivity index (χ3v) is 1.28. The predicted octanol–water partition coefficient (Wildman–Crippen LogP) is 0.458. The van der Waals surface area contributed by atoms with Gasteiger partial charge in [0.25, 0.3) is 0 Å². The highest BCUT2D eigenvalue weighted by Crippen LogP contribution is 1.95. The van der Waals surface area contributed by atoms with E-state index in [-0.39, 0.29) is 30.7 Å². The van der Waals surface area contributed by atoms with Gasteiger partial charge in [-0.2, -0.15) is 0 Å². The van der Waals surface area contributed by atoms with Gasteiger partial charge in [0.1, 0.15) is 0 Å². The number of nitrogens with two attached hydrogens (primary N) is 1. The summed E-state index contributed by atoms with van der Waals surface area (Å²) in [5.74, 6) is 4.71. The van der Waals surface area contributed by atoms with Gasteiger partial charge < -0.3 is 0 Å². The number of halogens is 2. The van der Waals surface area contributed by atoms with E-state index in [1.807, 2.05) is 0 Å². The molecule has 0 radical (unpaired) electrons. The van der Waals surface area contributed by atoms with E-state index in [0.29, 0.717) is 6.42 Å². The number of hydrogen-bond donors (Lipinski definition) is 2. The van der Waals surface area contributed by atoms with Gasteiger partial charge in [-0.1, -0.05) is 0 Å². The highest BCUT2D eigenvalue weighted by atomic mass is 35.5. The monoisotopic (exact) mass is 223 g/mol. The lowest BCUT2D eigenvalue weighted by Gasteiger charge is -1.97. The number of aromatic nitrogens is 1. The van der Waals surface area contributed by atoms with Crippen LogP contribution in [0.2, 0.25) is 0 Å². The lowest BCUT2D eigenvalue weighted by Crippen LogP contribution is -2.31. The molecule has 0 aliphatic rings. The number of rotatable bonds is 2. The molecule has 0 saturated heterocycles. The van der Waals surface area contributed by atoms with Crippen LogP contribution in [-0.4, -0.2) is 10.9 Å². The van der Waals surface area contributed by atoms with Crippen molar-refractivity contribution in [3.63, 3.8) is 0 Å². The summed E-state index contributed by atoms with van der Waals surface area (Å²) in [6, 6.07) is 3.55. The number of amides is 1. The Labute approximate surface area is 88.7 Å². The first kappa shape index (κ1) is 14.7. The molecule has 0 aliphatic heterocycles. The Morgan fingerprint density at radius 2 is 1.92 bits per heavy atom. The van der Waals surface area contributed by atoms with Crippen LogP contribution < -0.4 is 11.3 Å². The normalized spacial score (nSPS) is 7.77. The van der Waals surface area contributed by atoms with Gasteiger partial charge in [0.15, 0.2) is 0 Å². The largest absolute Gasteiger partial charge is 0.294 e. The molecule has 0 fully saturated rings. The Kier molecular flexibility index (Phi) is 8.79. The smallest absolute Gasteiger partial charge is 0.238 e. The minimum Gasteiger partial charge on any atom is -0.294 e. The van der Waals surface area contributed by atoms with Gasteiger partial charge in [0.05, 0.1) is 6.42 Å². The molecule has 0 atom stereocenters. The van der Waals surface area contributed by atoms with E-state index in [4.69, 9.17) is 5.84 Å².